The van der Waals surface area contributed by atoms with E-state index in [9.17, 15) is 22.8 Å². The van der Waals surface area contributed by atoms with Gasteiger partial charge in [-0.3, -0.25) is 9.59 Å². The molecule has 1 fully saturated rings. The number of nitrogens with zero attached hydrogens (tertiary/aromatic N) is 2. The number of amides is 1. The van der Waals surface area contributed by atoms with E-state index in [1.807, 2.05) is 6.07 Å². The average molecular weight is 326 g/mol. The molecule has 1 saturated heterocycles. The van der Waals surface area contributed by atoms with Gasteiger partial charge in [0.1, 0.15) is 0 Å². The second kappa shape index (κ2) is 5.91. The van der Waals surface area contributed by atoms with Crippen molar-refractivity contribution in [3.8, 4) is 6.07 Å². The second-order valence-electron chi connectivity index (χ2n) is 5.39. The van der Waals surface area contributed by atoms with Crippen molar-refractivity contribution in [2.24, 2.45) is 5.41 Å². The molecule has 1 aromatic carbocycles. The molecule has 0 spiro atoms. The van der Waals surface area contributed by atoms with Crippen LogP contribution in [0.25, 0.3) is 0 Å². The summed E-state index contributed by atoms with van der Waals surface area (Å²) >= 11 is 0. The number of carboxylic acids is 1. The fourth-order valence-electron chi connectivity index (χ4n) is 2.55. The number of benzene rings is 1. The first-order chi connectivity index (χ1) is 10.7. The third kappa shape index (κ3) is 2.99. The Morgan fingerprint density at radius 2 is 1.91 bits per heavy atom. The summed E-state index contributed by atoms with van der Waals surface area (Å²) in [7, 11) is 0. The van der Waals surface area contributed by atoms with Crippen molar-refractivity contribution in [2.45, 2.75) is 19.0 Å². The highest BCUT2D eigenvalue weighted by Gasteiger charge is 2.64. The molecule has 0 bridgehead atoms. The van der Waals surface area contributed by atoms with Crippen LogP contribution in [0.5, 0.6) is 0 Å². The minimum absolute atomic E-state index is 0.161. The third-order valence-electron chi connectivity index (χ3n) is 3.99. The highest BCUT2D eigenvalue weighted by Crippen LogP contribution is 2.45. The molecule has 2 rings (SSSR count). The maximum Gasteiger partial charge on any atom is 0.406 e. The Kier molecular flexibility index (Phi) is 4.32. The smallest absolute Gasteiger partial charge is 0.406 e. The van der Waals surface area contributed by atoms with Crippen LogP contribution in [-0.2, 0) is 11.2 Å². The monoisotopic (exact) mass is 326 g/mol. The van der Waals surface area contributed by atoms with Gasteiger partial charge in [-0.2, -0.15) is 18.4 Å². The molecule has 0 aromatic heterocycles. The first kappa shape index (κ1) is 16.8. The fraction of sp³-hybridized carbons (Fsp3) is 0.400. The maximum absolute atomic E-state index is 13.1. The van der Waals surface area contributed by atoms with Gasteiger partial charge in [0.15, 0.2) is 5.41 Å². The number of halogens is 3. The minimum Gasteiger partial charge on any atom is -0.481 e. The van der Waals surface area contributed by atoms with Crippen molar-refractivity contribution in [3.63, 3.8) is 0 Å². The minimum atomic E-state index is -4.93. The number of aliphatic carboxylic acids is 1. The highest BCUT2D eigenvalue weighted by molar-refractivity contribution is 5.95. The van der Waals surface area contributed by atoms with Crippen LogP contribution < -0.4 is 0 Å². The van der Waals surface area contributed by atoms with Crippen molar-refractivity contribution in [2.75, 3.05) is 13.1 Å². The van der Waals surface area contributed by atoms with Crippen molar-refractivity contribution in [1.29, 1.82) is 5.26 Å². The standard InChI is InChI=1S/C15H13F3N2O3/c16-15(17,18)14(13(22)23)6-8-20(9-14)12(21)11-3-1-10(2-4-11)5-7-19/h1-4H,5-6,8-9H2,(H,22,23). The molecule has 122 valence electrons. The largest absolute Gasteiger partial charge is 0.481 e. The second-order valence-corrected chi connectivity index (χ2v) is 5.39. The SMILES string of the molecule is N#CCc1ccc(C(=O)N2CCC(C(=O)O)(C(F)(F)F)C2)cc1. The molecule has 0 radical (unpaired) electrons. The van der Waals surface area contributed by atoms with Crippen LogP contribution in [0.3, 0.4) is 0 Å². The molecule has 1 aliphatic rings. The zero-order valence-corrected chi connectivity index (χ0v) is 11.9. The van der Waals surface area contributed by atoms with Gasteiger partial charge in [-0.15, -0.1) is 0 Å². The van der Waals surface area contributed by atoms with Gasteiger partial charge < -0.3 is 10.0 Å². The molecule has 5 nitrogen and oxygen atoms in total. The van der Waals surface area contributed by atoms with Crippen molar-refractivity contribution in [1.82, 2.24) is 4.90 Å². The lowest BCUT2D eigenvalue weighted by Gasteiger charge is -2.27. The highest BCUT2D eigenvalue weighted by atomic mass is 19.4. The Hall–Kier alpha value is -2.56. The van der Waals surface area contributed by atoms with E-state index in [1.54, 1.807) is 12.1 Å². The number of carbonyl (C=O) groups excluding carboxylic acids is 1. The predicted octanol–water partition coefficient (Wildman–Crippen LogP) is 2.23. The Labute approximate surface area is 129 Å². The van der Waals surface area contributed by atoms with Crippen molar-refractivity contribution < 1.29 is 27.9 Å². The van der Waals surface area contributed by atoms with Crippen molar-refractivity contribution >= 4 is 11.9 Å². The lowest BCUT2D eigenvalue weighted by Crippen LogP contribution is -2.47. The molecule has 1 amide bonds. The lowest BCUT2D eigenvalue weighted by molar-refractivity contribution is -0.227. The summed E-state index contributed by atoms with van der Waals surface area (Å²) in [5.74, 6) is -2.62. The van der Waals surface area contributed by atoms with Gasteiger partial charge in [0, 0.05) is 18.7 Å². The van der Waals surface area contributed by atoms with Crippen molar-refractivity contribution in [3.05, 3.63) is 35.4 Å². The van der Waals surface area contributed by atoms with Crippen LogP contribution >= 0.6 is 0 Å². The summed E-state index contributed by atoms with van der Waals surface area (Å²) in [6.45, 7) is -1.17. The molecule has 0 saturated carbocycles. The predicted molar refractivity (Wildman–Crippen MR) is 72.4 cm³/mol. The Bertz CT molecular complexity index is 664. The maximum atomic E-state index is 13.1. The number of alkyl halides is 3. The topological polar surface area (TPSA) is 81.4 Å². The molecule has 1 aliphatic heterocycles. The number of hydrogen-bond donors (Lipinski definition) is 1. The van der Waals surface area contributed by atoms with E-state index in [2.05, 4.69) is 0 Å². The number of carbonyl (C=O) groups is 2. The normalized spacial score (nSPS) is 21.0. The van der Waals surface area contributed by atoms with Gasteiger partial charge in [-0.05, 0) is 24.1 Å². The molecule has 1 aromatic rings. The van der Waals surface area contributed by atoms with Gasteiger partial charge >= 0.3 is 12.1 Å². The molecule has 23 heavy (non-hydrogen) atoms. The summed E-state index contributed by atoms with van der Waals surface area (Å²) in [6, 6.07) is 7.87. The number of hydrogen-bond acceptors (Lipinski definition) is 3. The van der Waals surface area contributed by atoms with E-state index >= 15 is 0 Å². The van der Waals surface area contributed by atoms with Gasteiger partial charge in [-0.25, -0.2) is 0 Å². The van der Waals surface area contributed by atoms with E-state index in [4.69, 9.17) is 10.4 Å². The first-order valence-corrected chi connectivity index (χ1v) is 6.76. The molecular formula is C15H13F3N2O3. The van der Waals surface area contributed by atoms with E-state index in [0.29, 0.717) is 5.56 Å². The van der Waals surface area contributed by atoms with Crippen LogP contribution in [-0.4, -0.2) is 41.1 Å². The van der Waals surface area contributed by atoms with Crippen LogP contribution in [0.2, 0.25) is 0 Å². The summed E-state index contributed by atoms with van der Waals surface area (Å²) in [4.78, 5) is 24.3. The average Bonchev–Trinajstić information content (AvgIpc) is 2.94. The van der Waals surface area contributed by atoms with Gasteiger partial charge in [0.05, 0.1) is 12.5 Å². The summed E-state index contributed by atoms with van der Waals surface area (Å²) in [5.41, 5.74) is -2.07. The van der Waals surface area contributed by atoms with Gasteiger partial charge in [0.2, 0.25) is 0 Å². The number of carboxylic acid groups (broad SMARTS) is 1. The van der Waals surface area contributed by atoms with Crippen LogP contribution in [0.4, 0.5) is 13.2 Å². The lowest BCUT2D eigenvalue weighted by atomic mass is 9.86. The zero-order valence-electron chi connectivity index (χ0n) is 11.9. The molecule has 1 heterocycles. The summed E-state index contributed by atoms with van der Waals surface area (Å²) in [6.07, 6.45) is -5.43. The van der Waals surface area contributed by atoms with E-state index in [1.165, 1.54) is 12.1 Å². The quantitative estimate of drug-likeness (QED) is 0.923. The van der Waals surface area contributed by atoms with E-state index in [-0.39, 0.29) is 18.5 Å². The fourth-order valence-corrected chi connectivity index (χ4v) is 2.55. The summed E-state index contributed by atoms with van der Waals surface area (Å²) in [5, 5.41) is 17.5. The Morgan fingerprint density at radius 3 is 2.35 bits per heavy atom. The Morgan fingerprint density at radius 1 is 1.30 bits per heavy atom. The van der Waals surface area contributed by atoms with Crippen LogP contribution in [0.15, 0.2) is 24.3 Å². The van der Waals surface area contributed by atoms with E-state index < -0.39 is 36.4 Å². The van der Waals surface area contributed by atoms with Crippen LogP contribution in [0, 0.1) is 16.7 Å². The number of likely N-dealkylation sites (tertiary alicyclic amines) is 1. The molecule has 1 unspecified atom stereocenters. The third-order valence-corrected chi connectivity index (χ3v) is 3.99. The molecule has 1 N–H and O–H groups in total. The van der Waals surface area contributed by atoms with Crippen LogP contribution in [0.1, 0.15) is 22.3 Å². The Balaban J connectivity index is 2.19. The number of nitriles is 1. The zero-order chi connectivity index (χ0) is 17.3. The number of rotatable bonds is 3. The van der Waals surface area contributed by atoms with Gasteiger partial charge in [0.25, 0.3) is 5.91 Å². The van der Waals surface area contributed by atoms with Gasteiger partial charge in [-0.1, -0.05) is 12.1 Å². The molecular weight excluding hydrogens is 313 g/mol. The molecule has 1 atom stereocenters. The summed E-state index contributed by atoms with van der Waals surface area (Å²) < 4.78 is 39.3. The molecule has 8 heteroatoms. The van der Waals surface area contributed by atoms with E-state index in [0.717, 1.165) is 4.90 Å². The first-order valence-electron chi connectivity index (χ1n) is 6.76. The molecule has 0 aliphatic carbocycles.